The van der Waals surface area contributed by atoms with Crippen molar-refractivity contribution in [3.05, 3.63) is 65.9 Å². The lowest BCUT2D eigenvalue weighted by Crippen LogP contribution is -2.56. The van der Waals surface area contributed by atoms with E-state index >= 15 is 0 Å². The quantitative estimate of drug-likeness (QED) is 0.130. The van der Waals surface area contributed by atoms with Crippen molar-refractivity contribution < 1.29 is 34.2 Å². The van der Waals surface area contributed by atoms with Gasteiger partial charge in [-0.3, -0.25) is 19.2 Å². The summed E-state index contributed by atoms with van der Waals surface area (Å²) in [5.41, 5.74) is 13.4. The summed E-state index contributed by atoms with van der Waals surface area (Å²) in [5.74, 6) is -4.13. The van der Waals surface area contributed by atoms with Gasteiger partial charge in [0.1, 0.15) is 23.9 Å². The number of carbonyl (C=O) groups excluding carboxylic acids is 4. The van der Waals surface area contributed by atoms with Crippen LogP contribution in [-0.4, -0.2) is 69.0 Å². The van der Waals surface area contributed by atoms with Crippen LogP contribution in [0.2, 0.25) is 0 Å². The molecule has 10 N–H and O–H groups in total. The van der Waals surface area contributed by atoms with Gasteiger partial charge in [0.2, 0.25) is 23.6 Å². The summed E-state index contributed by atoms with van der Waals surface area (Å²) in [5, 5.41) is 27.3. The molecule has 218 valence electrons. The number of aromatic hydroxyl groups is 1. The Labute approximate surface area is 235 Å². The van der Waals surface area contributed by atoms with Crippen LogP contribution in [0.15, 0.2) is 54.7 Å². The SMILES string of the molecule is CC(NC(=O)C(N)Cc1ccc(O)cc1)C(=O)NC(CCC(N)=O)C(=O)NC(Cc1c[nH]c2ccccc12)C(=O)O. The zero-order valence-corrected chi connectivity index (χ0v) is 22.4. The topological polar surface area (TPSA) is 230 Å². The third-order valence-electron chi connectivity index (χ3n) is 6.51. The number of aliphatic carboxylic acids is 1. The van der Waals surface area contributed by atoms with E-state index in [1.807, 2.05) is 24.3 Å². The van der Waals surface area contributed by atoms with Crippen molar-refractivity contribution in [2.45, 2.75) is 56.8 Å². The van der Waals surface area contributed by atoms with Gasteiger partial charge in [-0.25, -0.2) is 4.79 Å². The van der Waals surface area contributed by atoms with Crippen molar-refractivity contribution in [1.82, 2.24) is 20.9 Å². The fourth-order valence-corrected chi connectivity index (χ4v) is 4.21. The molecule has 0 aliphatic carbocycles. The Morgan fingerprint density at radius 3 is 2.20 bits per heavy atom. The largest absolute Gasteiger partial charge is 0.508 e. The molecular weight excluding hydrogens is 532 g/mol. The molecule has 0 bridgehead atoms. The third kappa shape index (κ3) is 8.80. The highest BCUT2D eigenvalue weighted by Crippen LogP contribution is 2.19. The molecule has 4 amide bonds. The molecule has 13 nitrogen and oxygen atoms in total. The Morgan fingerprint density at radius 1 is 0.878 bits per heavy atom. The number of carbonyl (C=O) groups is 5. The number of benzene rings is 2. The number of hydrogen-bond donors (Lipinski definition) is 8. The van der Waals surface area contributed by atoms with Crippen LogP contribution in [0.25, 0.3) is 10.9 Å². The van der Waals surface area contributed by atoms with Gasteiger partial charge in [-0.2, -0.15) is 0 Å². The molecule has 0 saturated heterocycles. The number of H-pyrrole nitrogens is 1. The zero-order chi connectivity index (χ0) is 30.1. The molecule has 2 aromatic carbocycles. The second-order valence-corrected chi connectivity index (χ2v) is 9.74. The van der Waals surface area contributed by atoms with Gasteiger partial charge in [0.15, 0.2) is 0 Å². The summed E-state index contributed by atoms with van der Waals surface area (Å²) in [6, 6.07) is 8.71. The number of hydrogen-bond acceptors (Lipinski definition) is 7. The number of nitrogens with two attached hydrogens (primary N) is 2. The van der Waals surface area contributed by atoms with Gasteiger partial charge in [0, 0.05) is 29.9 Å². The number of carboxylic acid groups (broad SMARTS) is 1. The summed E-state index contributed by atoms with van der Waals surface area (Å²) in [7, 11) is 0. The van der Waals surface area contributed by atoms with Gasteiger partial charge in [-0.05, 0) is 49.1 Å². The van der Waals surface area contributed by atoms with Gasteiger partial charge in [-0.15, -0.1) is 0 Å². The summed E-state index contributed by atoms with van der Waals surface area (Å²) in [6.45, 7) is 1.39. The predicted octanol–water partition coefficient (Wildman–Crippen LogP) is -0.190. The summed E-state index contributed by atoms with van der Waals surface area (Å²) < 4.78 is 0. The van der Waals surface area contributed by atoms with Crippen LogP contribution in [0, 0.1) is 0 Å². The van der Waals surface area contributed by atoms with Gasteiger partial charge >= 0.3 is 5.97 Å². The van der Waals surface area contributed by atoms with E-state index in [4.69, 9.17) is 11.5 Å². The molecule has 4 unspecified atom stereocenters. The van der Waals surface area contributed by atoms with E-state index in [2.05, 4.69) is 20.9 Å². The number of para-hydroxylation sites is 1. The molecule has 41 heavy (non-hydrogen) atoms. The first-order valence-corrected chi connectivity index (χ1v) is 12.9. The Balaban J connectivity index is 1.63. The minimum atomic E-state index is -1.33. The lowest BCUT2D eigenvalue weighted by atomic mass is 10.0. The van der Waals surface area contributed by atoms with Crippen molar-refractivity contribution in [2.75, 3.05) is 0 Å². The number of amides is 4. The Hall–Kier alpha value is -4.91. The molecule has 1 heterocycles. The molecule has 4 atom stereocenters. The standard InChI is InChI=1S/C28H34N6O7/c1-15(32-26(38)20(29)12-16-6-8-18(35)9-7-16)25(37)33-22(10-11-24(30)36)27(39)34-23(28(40)41)13-17-14-31-21-5-3-2-4-19(17)21/h2-9,14-15,20,22-23,31,35H,10-13,29H2,1H3,(H2,30,36)(H,32,38)(H,33,37)(H,34,39)(H,40,41). The van der Waals surface area contributed by atoms with Crippen LogP contribution in [0.3, 0.4) is 0 Å². The molecule has 0 aliphatic heterocycles. The van der Waals surface area contributed by atoms with Gasteiger partial charge in [0.25, 0.3) is 0 Å². The van der Waals surface area contributed by atoms with E-state index in [1.54, 1.807) is 18.3 Å². The highest BCUT2D eigenvalue weighted by molar-refractivity contribution is 5.94. The monoisotopic (exact) mass is 566 g/mol. The number of aromatic amines is 1. The Morgan fingerprint density at radius 2 is 1.54 bits per heavy atom. The zero-order valence-electron chi connectivity index (χ0n) is 22.4. The van der Waals surface area contributed by atoms with Crippen LogP contribution in [-0.2, 0) is 36.8 Å². The first-order valence-electron chi connectivity index (χ1n) is 12.9. The predicted molar refractivity (Wildman–Crippen MR) is 149 cm³/mol. The smallest absolute Gasteiger partial charge is 0.326 e. The maximum Gasteiger partial charge on any atom is 0.326 e. The molecule has 0 aliphatic rings. The van der Waals surface area contributed by atoms with Gasteiger partial charge in [0.05, 0.1) is 6.04 Å². The first kappa shape index (κ1) is 30.6. The minimum absolute atomic E-state index is 0.0348. The van der Waals surface area contributed by atoms with E-state index in [0.29, 0.717) is 11.1 Å². The van der Waals surface area contributed by atoms with E-state index < -0.39 is 53.8 Å². The number of fused-ring (bicyclic) bond motifs is 1. The maximum absolute atomic E-state index is 13.1. The highest BCUT2D eigenvalue weighted by atomic mass is 16.4. The van der Waals surface area contributed by atoms with Gasteiger partial charge < -0.3 is 42.6 Å². The Bertz CT molecular complexity index is 1400. The lowest BCUT2D eigenvalue weighted by Gasteiger charge is -2.23. The maximum atomic E-state index is 13.1. The summed E-state index contributed by atoms with van der Waals surface area (Å²) in [4.78, 5) is 65.0. The normalized spacial score (nSPS) is 13.9. The van der Waals surface area contributed by atoms with E-state index in [0.717, 1.165) is 10.9 Å². The van der Waals surface area contributed by atoms with Crippen molar-refractivity contribution in [3.8, 4) is 5.75 Å². The lowest BCUT2D eigenvalue weighted by molar-refractivity contribution is -0.142. The van der Waals surface area contributed by atoms with Gasteiger partial charge in [-0.1, -0.05) is 30.3 Å². The van der Waals surface area contributed by atoms with Crippen LogP contribution in [0.1, 0.15) is 30.9 Å². The average molecular weight is 567 g/mol. The fraction of sp³-hybridized carbons (Fsp3) is 0.321. The molecule has 3 rings (SSSR count). The molecule has 0 radical (unpaired) electrons. The first-order chi connectivity index (χ1) is 19.4. The second-order valence-electron chi connectivity index (χ2n) is 9.74. The van der Waals surface area contributed by atoms with Crippen molar-refractivity contribution in [1.29, 1.82) is 0 Å². The van der Waals surface area contributed by atoms with Crippen LogP contribution in [0.5, 0.6) is 5.75 Å². The number of primary amides is 1. The number of rotatable bonds is 14. The number of phenols is 1. The van der Waals surface area contributed by atoms with Crippen LogP contribution < -0.4 is 27.4 Å². The third-order valence-corrected chi connectivity index (χ3v) is 6.51. The molecule has 0 fully saturated rings. The number of phenolic OH excluding ortho intramolecular Hbond substituents is 1. The molecular formula is C28H34N6O7. The average Bonchev–Trinajstić information content (AvgIpc) is 3.34. The fourth-order valence-electron chi connectivity index (χ4n) is 4.21. The van der Waals surface area contributed by atoms with Crippen molar-refractivity contribution in [2.24, 2.45) is 11.5 Å². The molecule has 1 aromatic heterocycles. The van der Waals surface area contributed by atoms with E-state index in [-0.39, 0.29) is 31.4 Å². The van der Waals surface area contributed by atoms with Crippen LogP contribution in [0.4, 0.5) is 0 Å². The van der Waals surface area contributed by atoms with Crippen molar-refractivity contribution >= 4 is 40.5 Å². The molecule has 0 saturated carbocycles. The second kappa shape index (κ2) is 13.9. The molecule has 3 aromatic rings. The number of nitrogens with one attached hydrogen (secondary N) is 4. The number of aromatic nitrogens is 1. The number of carboxylic acids is 1. The van der Waals surface area contributed by atoms with E-state index in [9.17, 15) is 34.2 Å². The molecule has 13 heteroatoms. The minimum Gasteiger partial charge on any atom is -0.508 e. The summed E-state index contributed by atoms with van der Waals surface area (Å²) in [6.07, 6.45) is 1.34. The molecule has 0 spiro atoms. The Kier molecular flexibility index (Phi) is 10.4. The van der Waals surface area contributed by atoms with E-state index in [1.165, 1.54) is 19.1 Å². The van der Waals surface area contributed by atoms with Crippen LogP contribution >= 0.6 is 0 Å². The highest BCUT2D eigenvalue weighted by Gasteiger charge is 2.29. The summed E-state index contributed by atoms with van der Waals surface area (Å²) >= 11 is 0. The van der Waals surface area contributed by atoms with Crippen molar-refractivity contribution in [3.63, 3.8) is 0 Å².